The number of carboxylic acid groups (broad SMARTS) is 1. The molecule has 7 heteroatoms. The molecule has 0 aliphatic rings. The van der Waals surface area contributed by atoms with Gasteiger partial charge in [0.05, 0.1) is 17.9 Å². The first-order valence-electron chi connectivity index (χ1n) is 5.78. The Morgan fingerprint density at radius 2 is 2.05 bits per heavy atom. The van der Waals surface area contributed by atoms with Crippen molar-refractivity contribution in [3.8, 4) is 0 Å². The maximum absolute atomic E-state index is 12.2. The van der Waals surface area contributed by atoms with E-state index in [9.17, 15) is 14.7 Å². The Kier molecular flexibility index (Phi) is 4.31. The third-order valence-electron chi connectivity index (χ3n) is 3.03. The van der Waals surface area contributed by atoms with Gasteiger partial charge >= 0.3 is 5.97 Å². The lowest BCUT2D eigenvalue weighted by Crippen LogP contribution is -2.55. The van der Waals surface area contributed by atoms with Crippen molar-refractivity contribution in [2.45, 2.75) is 26.3 Å². The highest BCUT2D eigenvalue weighted by Crippen LogP contribution is 2.14. The number of carbonyl (C=O) groups excluding carboxylic acids is 1. The molecule has 106 valence electrons. The Balaban J connectivity index is 3.04. The summed E-state index contributed by atoms with van der Waals surface area (Å²) in [6, 6.07) is 0. The summed E-state index contributed by atoms with van der Waals surface area (Å²) in [5, 5.41) is 15.8. The monoisotopic (exact) mass is 269 g/mol. The Labute approximate surface area is 111 Å². The molecule has 0 aliphatic heterocycles. The number of amides is 1. The molecule has 0 radical (unpaired) electrons. The van der Waals surface area contributed by atoms with Gasteiger partial charge in [0.1, 0.15) is 0 Å². The van der Waals surface area contributed by atoms with Crippen LogP contribution in [0, 0.1) is 13.8 Å². The molecule has 0 aromatic carbocycles. The van der Waals surface area contributed by atoms with Gasteiger partial charge in [0.15, 0.2) is 5.54 Å². The Morgan fingerprint density at radius 1 is 1.47 bits per heavy atom. The Hall–Kier alpha value is -1.89. The summed E-state index contributed by atoms with van der Waals surface area (Å²) in [6.45, 7) is 4.74. The van der Waals surface area contributed by atoms with Gasteiger partial charge in [-0.1, -0.05) is 0 Å². The molecule has 1 amide bonds. The molecule has 0 bridgehead atoms. The van der Waals surface area contributed by atoms with Crippen LogP contribution in [0.1, 0.15) is 28.7 Å². The zero-order valence-corrected chi connectivity index (χ0v) is 11.8. The average molecular weight is 269 g/mol. The molecule has 0 spiro atoms. The minimum Gasteiger partial charge on any atom is -0.479 e. The van der Waals surface area contributed by atoms with E-state index >= 15 is 0 Å². The topological polar surface area (TPSA) is 93.5 Å². The summed E-state index contributed by atoms with van der Waals surface area (Å²) < 4.78 is 6.44. The molecule has 0 fully saturated rings. The number of carboxylic acids is 1. The number of methoxy groups -OCH3 is 1. The molecular weight excluding hydrogens is 250 g/mol. The SMILES string of the molecule is COCC(C)(NC(=O)c1c(C)nn(C)c1C)C(=O)O. The highest BCUT2D eigenvalue weighted by molar-refractivity contribution is 5.99. The zero-order chi connectivity index (χ0) is 14.8. The lowest BCUT2D eigenvalue weighted by Gasteiger charge is -2.25. The van der Waals surface area contributed by atoms with Gasteiger partial charge in [-0.3, -0.25) is 9.48 Å². The minimum atomic E-state index is -1.47. The van der Waals surface area contributed by atoms with E-state index in [-0.39, 0.29) is 6.61 Å². The fourth-order valence-corrected chi connectivity index (χ4v) is 1.86. The van der Waals surface area contributed by atoms with Crippen LogP contribution in [-0.4, -0.2) is 46.0 Å². The molecule has 0 saturated heterocycles. The predicted molar refractivity (Wildman–Crippen MR) is 68.1 cm³/mol. The van der Waals surface area contributed by atoms with Crippen LogP contribution >= 0.6 is 0 Å². The van der Waals surface area contributed by atoms with Gasteiger partial charge in [-0.25, -0.2) is 4.79 Å². The fourth-order valence-electron chi connectivity index (χ4n) is 1.86. The molecule has 1 rings (SSSR count). The van der Waals surface area contributed by atoms with E-state index in [0.717, 1.165) is 0 Å². The molecule has 1 aromatic heterocycles. The number of nitrogens with zero attached hydrogens (tertiary/aromatic N) is 2. The van der Waals surface area contributed by atoms with Crippen LogP contribution in [0.2, 0.25) is 0 Å². The smallest absolute Gasteiger partial charge is 0.331 e. The van der Waals surface area contributed by atoms with Crippen LogP contribution in [0.25, 0.3) is 0 Å². The number of nitrogens with one attached hydrogen (secondary N) is 1. The van der Waals surface area contributed by atoms with Crippen molar-refractivity contribution in [2.75, 3.05) is 13.7 Å². The van der Waals surface area contributed by atoms with E-state index in [0.29, 0.717) is 17.0 Å². The van der Waals surface area contributed by atoms with Gasteiger partial charge in [0.25, 0.3) is 5.91 Å². The summed E-state index contributed by atoms with van der Waals surface area (Å²) in [7, 11) is 3.11. The number of hydrogen-bond acceptors (Lipinski definition) is 4. The van der Waals surface area contributed by atoms with Crippen LogP contribution in [0.15, 0.2) is 0 Å². The molecule has 19 heavy (non-hydrogen) atoms. The van der Waals surface area contributed by atoms with E-state index in [1.807, 2.05) is 0 Å². The maximum atomic E-state index is 12.2. The standard InChI is InChI=1S/C12H19N3O4/c1-7-9(8(2)15(4)14-7)10(16)13-12(3,6-19-5)11(17)18/h6H2,1-5H3,(H,13,16)(H,17,18). The van der Waals surface area contributed by atoms with Crippen LogP contribution in [-0.2, 0) is 16.6 Å². The molecule has 2 N–H and O–H groups in total. The van der Waals surface area contributed by atoms with Crippen molar-refractivity contribution in [2.24, 2.45) is 7.05 Å². The van der Waals surface area contributed by atoms with Crippen molar-refractivity contribution in [3.63, 3.8) is 0 Å². The van der Waals surface area contributed by atoms with Gasteiger partial charge in [0, 0.05) is 19.9 Å². The van der Waals surface area contributed by atoms with Crippen molar-refractivity contribution >= 4 is 11.9 Å². The third-order valence-corrected chi connectivity index (χ3v) is 3.03. The van der Waals surface area contributed by atoms with Crippen LogP contribution in [0.3, 0.4) is 0 Å². The average Bonchev–Trinajstić information content (AvgIpc) is 2.52. The van der Waals surface area contributed by atoms with Gasteiger partial charge in [-0.2, -0.15) is 5.10 Å². The summed E-state index contributed by atoms with van der Waals surface area (Å²) in [6.07, 6.45) is 0. The first-order valence-corrected chi connectivity index (χ1v) is 5.78. The summed E-state index contributed by atoms with van der Waals surface area (Å²) in [5.41, 5.74) is 0.162. The minimum absolute atomic E-state index is 0.119. The van der Waals surface area contributed by atoms with E-state index in [1.165, 1.54) is 14.0 Å². The predicted octanol–water partition coefficient (Wildman–Crippen LogP) is 0.256. The zero-order valence-electron chi connectivity index (χ0n) is 11.8. The number of aryl methyl sites for hydroxylation is 2. The molecule has 1 unspecified atom stereocenters. The van der Waals surface area contributed by atoms with Crippen molar-refractivity contribution in [3.05, 3.63) is 17.0 Å². The summed E-state index contributed by atoms with van der Waals surface area (Å²) in [4.78, 5) is 23.4. The second-order valence-electron chi connectivity index (χ2n) is 4.69. The fraction of sp³-hybridized carbons (Fsp3) is 0.583. The van der Waals surface area contributed by atoms with Crippen molar-refractivity contribution in [1.29, 1.82) is 0 Å². The maximum Gasteiger partial charge on any atom is 0.331 e. The van der Waals surface area contributed by atoms with Gasteiger partial charge < -0.3 is 15.2 Å². The lowest BCUT2D eigenvalue weighted by atomic mass is 10.0. The summed E-state index contributed by atoms with van der Waals surface area (Å²) in [5.74, 6) is -1.62. The molecule has 1 heterocycles. The van der Waals surface area contributed by atoms with Crippen LogP contribution in [0.5, 0.6) is 0 Å². The van der Waals surface area contributed by atoms with Gasteiger partial charge in [-0.15, -0.1) is 0 Å². The van der Waals surface area contributed by atoms with E-state index in [1.54, 1.807) is 25.6 Å². The number of aromatic nitrogens is 2. The quantitative estimate of drug-likeness (QED) is 0.799. The first kappa shape index (κ1) is 15.2. The second-order valence-corrected chi connectivity index (χ2v) is 4.69. The van der Waals surface area contributed by atoms with E-state index in [4.69, 9.17) is 4.74 Å². The summed E-state index contributed by atoms with van der Waals surface area (Å²) >= 11 is 0. The number of rotatable bonds is 5. The molecule has 7 nitrogen and oxygen atoms in total. The normalized spacial score (nSPS) is 13.9. The number of hydrogen-bond donors (Lipinski definition) is 2. The molecule has 1 atom stereocenters. The molecule has 0 aliphatic carbocycles. The van der Waals surface area contributed by atoms with Crippen LogP contribution < -0.4 is 5.32 Å². The first-order chi connectivity index (χ1) is 8.73. The van der Waals surface area contributed by atoms with Gasteiger partial charge in [-0.05, 0) is 20.8 Å². The second kappa shape index (κ2) is 5.40. The lowest BCUT2D eigenvalue weighted by molar-refractivity contribution is -0.145. The van der Waals surface area contributed by atoms with Gasteiger partial charge in [0.2, 0.25) is 0 Å². The Morgan fingerprint density at radius 3 is 2.42 bits per heavy atom. The van der Waals surface area contributed by atoms with Crippen molar-refractivity contribution in [1.82, 2.24) is 15.1 Å². The number of aliphatic carboxylic acids is 1. The van der Waals surface area contributed by atoms with Crippen molar-refractivity contribution < 1.29 is 19.4 Å². The van der Waals surface area contributed by atoms with E-state index < -0.39 is 17.4 Å². The number of carbonyl (C=O) groups is 2. The molecular formula is C12H19N3O4. The molecule has 0 saturated carbocycles. The number of ether oxygens (including phenoxy) is 1. The van der Waals surface area contributed by atoms with Crippen LogP contribution in [0.4, 0.5) is 0 Å². The molecule has 1 aromatic rings. The third kappa shape index (κ3) is 2.93. The highest BCUT2D eigenvalue weighted by atomic mass is 16.5. The largest absolute Gasteiger partial charge is 0.479 e. The highest BCUT2D eigenvalue weighted by Gasteiger charge is 2.36. The Bertz CT molecular complexity index is 509. The van der Waals surface area contributed by atoms with E-state index in [2.05, 4.69) is 10.4 Å².